The molecule has 5 nitrogen and oxygen atoms in total. The van der Waals surface area contributed by atoms with Gasteiger partial charge in [-0.2, -0.15) is 0 Å². The van der Waals surface area contributed by atoms with E-state index in [0.717, 1.165) is 38.2 Å². The van der Waals surface area contributed by atoms with Gasteiger partial charge in [-0.05, 0) is 26.2 Å². The summed E-state index contributed by atoms with van der Waals surface area (Å²) in [5, 5.41) is 25.4. The molecule has 0 fully saturated rings. The summed E-state index contributed by atoms with van der Waals surface area (Å²) < 4.78 is 5.01. The molecule has 5 heteroatoms. The average Bonchev–Trinajstić information content (AvgIpc) is 2.38. The molecule has 0 radical (unpaired) electrons. The van der Waals surface area contributed by atoms with Gasteiger partial charge in [0.05, 0.1) is 0 Å². The third-order valence-electron chi connectivity index (χ3n) is 2.39. The van der Waals surface area contributed by atoms with Crippen molar-refractivity contribution in [3.8, 4) is 0 Å². The molecule has 0 saturated heterocycles. The molecule has 0 aliphatic heterocycles. The fourth-order valence-corrected chi connectivity index (χ4v) is 1.41. The number of carboxylic acid groups (broad SMARTS) is 1. The molecule has 0 aliphatic rings. The Bertz CT molecular complexity index is 206. The Balaban J connectivity index is 0. The van der Waals surface area contributed by atoms with Gasteiger partial charge < -0.3 is 20.1 Å². The molecule has 1 unspecified atom stereocenters. The molecule has 0 aromatic rings. The predicted octanol–water partition coefficient (Wildman–Crippen LogP) is 2.32. The second kappa shape index (κ2) is 17.1. The van der Waals surface area contributed by atoms with Crippen molar-refractivity contribution >= 4 is 5.97 Å². The number of aliphatic hydroxyl groups excluding tert-OH is 2. The highest BCUT2D eigenvalue weighted by Gasteiger charge is 2.01. The highest BCUT2D eigenvalue weighted by atomic mass is 16.6. The zero-order valence-corrected chi connectivity index (χ0v) is 11.9. The van der Waals surface area contributed by atoms with Crippen molar-refractivity contribution in [1.29, 1.82) is 0 Å². The Morgan fingerprint density at radius 2 is 1.68 bits per heavy atom. The molecule has 1 atom stereocenters. The molecule has 0 rings (SSSR count). The quantitative estimate of drug-likeness (QED) is 0.306. The summed E-state index contributed by atoms with van der Waals surface area (Å²) >= 11 is 0. The number of carbonyl (C=O) groups is 1. The minimum Gasteiger partial charge on any atom is -0.478 e. The normalized spacial score (nSPS) is 11.3. The van der Waals surface area contributed by atoms with Crippen molar-refractivity contribution in [1.82, 2.24) is 0 Å². The van der Waals surface area contributed by atoms with E-state index in [-0.39, 0.29) is 0 Å². The summed E-state index contributed by atoms with van der Waals surface area (Å²) in [6.45, 7) is 5.74. The number of carboxylic acids is 1. The fourth-order valence-electron chi connectivity index (χ4n) is 1.41. The van der Waals surface area contributed by atoms with E-state index in [9.17, 15) is 9.90 Å². The monoisotopic (exact) mass is 276 g/mol. The van der Waals surface area contributed by atoms with Crippen LogP contribution in [0.4, 0.5) is 0 Å². The Kier molecular flexibility index (Phi) is 18.4. The first-order valence-electron chi connectivity index (χ1n) is 6.84. The first kappa shape index (κ1) is 20.4. The van der Waals surface area contributed by atoms with Crippen LogP contribution >= 0.6 is 0 Å². The zero-order chi connectivity index (χ0) is 14.9. The predicted molar refractivity (Wildman–Crippen MR) is 74.9 cm³/mol. The lowest BCUT2D eigenvalue weighted by Crippen LogP contribution is -2.10. The standard InChI is InChI=1S/C11H24O3.C3H4O2/c1-2-14-11(13)9-7-5-3-4-6-8-10-12;1-2-3(4)5/h11-13H,2-10H2,1H3;2H,1H2,(H,4,5). The number of unbranched alkanes of at least 4 members (excludes halogenated alkanes) is 5. The topological polar surface area (TPSA) is 87.0 Å². The Hall–Kier alpha value is -0.910. The van der Waals surface area contributed by atoms with Crippen molar-refractivity contribution < 1.29 is 24.9 Å². The van der Waals surface area contributed by atoms with E-state index >= 15 is 0 Å². The number of ether oxygens (including phenoxy) is 1. The molecule has 0 aromatic heterocycles. The molecule has 0 heterocycles. The summed E-state index contributed by atoms with van der Waals surface area (Å²) in [7, 11) is 0. The summed E-state index contributed by atoms with van der Waals surface area (Å²) in [5.41, 5.74) is 0. The van der Waals surface area contributed by atoms with Crippen LogP contribution < -0.4 is 0 Å². The van der Waals surface area contributed by atoms with E-state index in [1.165, 1.54) is 12.8 Å². The third-order valence-corrected chi connectivity index (χ3v) is 2.39. The van der Waals surface area contributed by atoms with Crippen LogP contribution in [0.3, 0.4) is 0 Å². The van der Waals surface area contributed by atoms with Crippen molar-refractivity contribution in [3.05, 3.63) is 12.7 Å². The lowest BCUT2D eigenvalue weighted by molar-refractivity contribution is -0.131. The van der Waals surface area contributed by atoms with Gasteiger partial charge in [-0.1, -0.05) is 32.3 Å². The lowest BCUT2D eigenvalue weighted by atomic mass is 10.1. The molecule has 0 saturated carbocycles. The summed E-state index contributed by atoms with van der Waals surface area (Å²) in [6, 6.07) is 0. The van der Waals surface area contributed by atoms with Gasteiger partial charge in [0.1, 0.15) is 0 Å². The second-order valence-corrected chi connectivity index (χ2v) is 4.09. The van der Waals surface area contributed by atoms with Gasteiger partial charge in [0.2, 0.25) is 0 Å². The molecule has 3 N–H and O–H groups in total. The van der Waals surface area contributed by atoms with E-state index in [0.29, 0.717) is 13.2 Å². The van der Waals surface area contributed by atoms with Crippen LogP contribution in [0.5, 0.6) is 0 Å². The van der Waals surface area contributed by atoms with Crippen LogP contribution in [0.1, 0.15) is 51.9 Å². The van der Waals surface area contributed by atoms with Gasteiger partial charge in [-0.3, -0.25) is 0 Å². The van der Waals surface area contributed by atoms with Crippen LogP contribution in [-0.4, -0.2) is 40.8 Å². The maximum Gasteiger partial charge on any atom is 0.327 e. The maximum absolute atomic E-state index is 9.25. The molecule has 0 aromatic carbocycles. The van der Waals surface area contributed by atoms with Gasteiger partial charge in [-0.15, -0.1) is 0 Å². The lowest BCUT2D eigenvalue weighted by Gasteiger charge is -2.09. The Morgan fingerprint density at radius 3 is 2.11 bits per heavy atom. The first-order valence-corrected chi connectivity index (χ1v) is 6.84. The number of hydrogen-bond donors (Lipinski definition) is 3. The first-order chi connectivity index (χ1) is 9.08. The molecule has 0 spiro atoms. The van der Waals surface area contributed by atoms with Crippen molar-refractivity contribution in [2.24, 2.45) is 0 Å². The number of rotatable bonds is 11. The van der Waals surface area contributed by atoms with Gasteiger partial charge in [0, 0.05) is 19.3 Å². The van der Waals surface area contributed by atoms with Crippen LogP contribution in [0, 0.1) is 0 Å². The molecular weight excluding hydrogens is 248 g/mol. The number of aliphatic carboxylic acids is 1. The van der Waals surface area contributed by atoms with E-state index in [1.54, 1.807) is 0 Å². The molecule has 0 amide bonds. The smallest absolute Gasteiger partial charge is 0.327 e. The van der Waals surface area contributed by atoms with Crippen LogP contribution in [0.15, 0.2) is 12.7 Å². The van der Waals surface area contributed by atoms with Gasteiger partial charge >= 0.3 is 5.97 Å². The Morgan fingerprint density at radius 1 is 1.21 bits per heavy atom. The van der Waals surface area contributed by atoms with Gasteiger partial charge in [-0.25, -0.2) is 4.79 Å². The Labute approximate surface area is 115 Å². The minimum atomic E-state index is -0.981. The van der Waals surface area contributed by atoms with E-state index in [1.807, 2.05) is 6.92 Å². The second-order valence-electron chi connectivity index (χ2n) is 4.09. The largest absolute Gasteiger partial charge is 0.478 e. The minimum absolute atomic E-state index is 0.309. The SMILES string of the molecule is C=CC(=O)O.CCOC(O)CCCCCCCCO. The van der Waals surface area contributed by atoms with Crippen LogP contribution in [0.25, 0.3) is 0 Å². The van der Waals surface area contributed by atoms with Gasteiger partial charge in [0.15, 0.2) is 6.29 Å². The maximum atomic E-state index is 9.25. The highest BCUT2D eigenvalue weighted by Crippen LogP contribution is 2.08. The molecule has 19 heavy (non-hydrogen) atoms. The van der Waals surface area contributed by atoms with E-state index in [4.69, 9.17) is 14.9 Å². The molecule has 114 valence electrons. The molecular formula is C14H28O5. The van der Waals surface area contributed by atoms with Crippen molar-refractivity contribution in [2.45, 2.75) is 58.2 Å². The zero-order valence-electron chi connectivity index (χ0n) is 11.9. The van der Waals surface area contributed by atoms with Crippen LogP contribution in [0.2, 0.25) is 0 Å². The van der Waals surface area contributed by atoms with Crippen LogP contribution in [-0.2, 0) is 9.53 Å². The van der Waals surface area contributed by atoms with Crippen molar-refractivity contribution in [3.63, 3.8) is 0 Å². The van der Waals surface area contributed by atoms with E-state index in [2.05, 4.69) is 6.58 Å². The summed E-state index contributed by atoms with van der Waals surface area (Å²) in [6.07, 6.45) is 7.59. The average molecular weight is 276 g/mol. The van der Waals surface area contributed by atoms with Gasteiger partial charge in [0.25, 0.3) is 0 Å². The third kappa shape index (κ3) is 22.7. The molecule has 0 bridgehead atoms. The number of aliphatic hydroxyl groups is 2. The molecule has 0 aliphatic carbocycles. The van der Waals surface area contributed by atoms with Crippen molar-refractivity contribution in [2.75, 3.05) is 13.2 Å². The number of hydrogen-bond acceptors (Lipinski definition) is 4. The summed E-state index contributed by atoms with van der Waals surface area (Å²) in [4.78, 5) is 9.25. The highest BCUT2D eigenvalue weighted by molar-refractivity contribution is 5.78. The fraction of sp³-hybridized carbons (Fsp3) is 0.786. The van der Waals surface area contributed by atoms with E-state index < -0.39 is 12.3 Å². The summed E-state index contributed by atoms with van der Waals surface area (Å²) in [5.74, 6) is -0.981.